The third-order valence-corrected chi connectivity index (χ3v) is 5.94. The normalized spacial score (nSPS) is 10.5. The summed E-state index contributed by atoms with van der Waals surface area (Å²) >= 11 is 7.00. The van der Waals surface area contributed by atoms with Crippen LogP contribution in [-0.2, 0) is 0 Å². The molecule has 5 nitrogen and oxygen atoms in total. The van der Waals surface area contributed by atoms with Gasteiger partial charge in [0.1, 0.15) is 11.4 Å². The van der Waals surface area contributed by atoms with E-state index in [1.165, 1.54) is 0 Å². The molecular formula is C23H21Br2N3O2. The van der Waals surface area contributed by atoms with Crippen LogP contribution in [0.3, 0.4) is 0 Å². The van der Waals surface area contributed by atoms with Gasteiger partial charge in [-0.05, 0) is 82.1 Å². The van der Waals surface area contributed by atoms with Crippen LogP contribution in [0.5, 0.6) is 0 Å². The number of anilines is 2. The second kappa shape index (κ2) is 10.00. The van der Waals surface area contributed by atoms with Crippen LogP contribution in [-0.4, -0.2) is 29.9 Å². The molecule has 7 heteroatoms. The number of benzene rings is 2. The van der Waals surface area contributed by atoms with E-state index in [4.69, 9.17) is 0 Å². The Balaban J connectivity index is 1.93. The van der Waals surface area contributed by atoms with Gasteiger partial charge >= 0.3 is 0 Å². The summed E-state index contributed by atoms with van der Waals surface area (Å²) in [6.07, 6.45) is 0. The number of para-hydroxylation sites is 2. The molecule has 0 fully saturated rings. The van der Waals surface area contributed by atoms with Crippen molar-refractivity contribution in [1.29, 1.82) is 0 Å². The van der Waals surface area contributed by atoms with Gasteiger partial charge in [0.25, 0.3) is 11.8 Å². The summed E-state index contributed by atoms with van der Waals surface area (Å²) in [7, 11) is 0. The lowest BCUT2D eigenvalue weighted by Crippen LogP contribution is -2.34. The lowest BCUT2D eigenvalue weighted by Gasteiger charge is -2.23. The quantitative estimate of drug-likeness (QED) is 0.396. The van der Waals surface area contributed by atoms with E-state index in [0.717, 1.165) is 20.3 Å². The summed E-state index contributed by atoms with van der Waals surface area (Å²) in [4.78, 5) is 34.0. The van der Waals surface area contributed by atoms with E-state index in [9.17, 15) is 9.59 Å². The average Bonchev–Trinajstić information content (AvgIpc) is 2.77. The van der Waals surface area contributed by atoms with Gasteiger partial charge in [0.05, 0.1) is 11.4 Å². The van der Waals surface area contributed by atoms with Crippen LogP contribution < -0.4 is 9.80 Å². The van der Waals surface area contributed by atoms with Gasteiger partial charge in [0.2, 0.25) is 0 Å². The minimum Gasteiger partial charge on any atom is -0.306 e. The Bertz CT molecular complexity index is 991. The number of rotatable bonds is 6. The zero-order valence-electron chi connectivity index (χ0n) is 16.7. The molecule has 2 aromatic carbocycles. The number of pyridine rings is 1. The molecule has 3 rings (SSSR count). The van der Waals surface area contributed by atoms with E-state index in [0.29, 0.717) is 13.1 Å². The van der Waals surface area contributed by atoms with E-state index in [1.54, 1.807) is 28.0 Å². The highest BCUT2D eigenvalue weighted by atomic mass is 79.9. The van der Waals surface area contributed by atoms with Crippen molar-refractivity contribution in [3.05, 3.63) is 87.1 Å². The lowest BCUT2D eigenvalue weighted by molar-refractivity contribution is 0.0979. The van der Waals surface area contributed by atoms with E-state index in [2.05, 4.69) is 36.8 Å². The van der Waals surface area contributed by atoms with Gasteiger partial charge < -0.3 is 9.80 Å². The highest BCUT2D eigenvalue weighted by molar-refractivity contribution is 9.11. The smallest absolute Gasteiger partial charge is 0.276 e. The summed E-state index contributed by atoms with van der Waals surface area (Å²) in [6, 6.07) is 20.0. The van der Waals surface area contributed by atoms with Gasteiger partial charge in [-0.15, -0.1) is 0 Å². The predicted octanol–water partition coefficient (Wildman–Crippen LogP) is 5.94. The molecule has 0 bridgehead atoms. The lowest BCUT2D eigenvalue weighted by atomic mass is 10.2. The second-order valence-corrected chi connectivity index (χ2v) is 8.12. The third kappa shape index (κ3) is 4.63. The van der Waals surface area contributed by atoms with Crippen LogP contribution in [0.25, 0.3) is 0 Å². The number of hydrogen-bond donors (Lipinski definition) is 0. The molecule has 0 atom stereocenters. The molecule has 3 aromatic rings. The van der Waals surface area contributed by atoms with E-state index < -0.39 is 0 Å². The molecule has 0 spiro atoms. The van der Waals surface area contributed by atoms with Crippen molar-refractivity contribution < 1.29 is 9.59 Å². The molecule has 0 saturated heterocycles. The molecule has 0 radical (unpaired) electrons. The molecule has 1 heterocycles. The Hall–Kier alpha value is -2.51. The van der Waals surface area contributed by atoms with Crippen molar-refractivity contribution in [3.63, 3.8) is 0 Å². The Labute approximate surface area is 193 Å². The molecule has 30 heavy (non-hydrogen) atoms. The van der Waals surface area contributed by atoms with Crippen LogP contribution in [0.2, 0.25) is 0 Å². The number of aromatic nitrogens is 1. The Morgan fingerprint density at radius 3 is 1.47 bits per heavy atom. The molecule has 1 aromatic heterocycles. The van der Waals surface area contributed by atoms with Crippen LogP contribution >= 0.6 is 31.9 Å². The molecule has 0 N–H and O–H groups in total. The first-order chi connectivity index (χ1) is 14.5. The SMILES string of the molecule is CCN(C(=O)c1cccc(C(=O)N(CC)c2ccccc2Br)n1)c1ccccc1Br. The van der Waals surface area contributed by atoms with Crippen LogP contribution in [0.15, 0.2) is 75.7 Å². The number of carbonyl (C=O) groups is 2. The fourth-order valence-electron chi connectivity index (χ4n) is 3.14. The van der Waals surface area contributed by atoms with Crippen LogP contribution in [0, 0.1) is 0 Å². The number of nitrogens with zero attached hydrogens (tertiary/aromatic N) is 3. The van der Waals surface area contributed by atoms with E-state index in [-0.39, 0.29) is 23.2 Å². The van der Waals surface area contributed by atoms with Crippen molar-refractivity contribution in [3.8, 4) is 0 Å². The standard InChI is InChI=1S/C23H21Br2N3O2/c1-3-27(20-14-7-5-10-16(20)24)22(29)18-12-9-13-19(26-18)23(30)28(4-2)21-15-8-6-11-17(21)25/h5-15H,3-4H2,1-2H3. The van der Waals surface area contributed by atoms with Crippen LogP contribution in [0.4, 0.5) is 11.4 Å². The summed E-state index contributed by atoms with van der Waals surface area (Å²) in [5.74, 6) is -0.522. The molecule has 154 valence electrons. The Morgan fingerprint density at radius 2 is 1.10 bits per heavy atom. The van der Waals surface area contributed by atoms with Gasteiger partial charge in [-0.2, -0.15) is 0 Å². The van der Waals surface area contributed by atoms with Gasteiger partial charge in [0.15, 0.2) is 0 Å². The largest absolute Gasteiger partial charge is 0.306 e. The van der Waals surface area contributed by atoms with Crippen molar-refractivity contribution in [2.24, 2.45) is 0 Å². The zero-order chi connectivity index (χ0) is 21.7. The molecular weight excluding hydrogens is 510 g/mol. The molecule has 0 aliphatic carbocycles. The van der Waals surface area contributed by atoms with Crippen molar-refractivity contribution in [2.75, 3.05) is 22.9 Å². The maximum Gasteiger partial charge on any atom is 0.276 e. The number of halogens is 2. The monoisotopic (exact) mass is 529 g/mol. The molecule has 0 aliphatic heterocycles. The molecule has 0 aliphatic rings. The number of amides is 2. The van der Waals surface area contributed by atoms with Gasteiger partial charge in [-0.1, -0.05) is 30.3 Å². The molecule has 0 saturated carbocycles. The maximum absolute atomic E-state index is 13.2. The minimum absolute atomic E-state index is 0.224. The third-order valence-electron chi connectivity index (χ3n) is 4.60. The summed E-state index contributed by atoms with van der Waals surface area (Å²) in [5, 5.41) is 0. The topological polar surface area (TPSA) is 53.5 Å². The maximum atomic E-state index is 13.2. The van der Waals surface area contributed by atoms with Gasteiger partial charge in [0, 0.05) is 22.0 Å². The Kier molecular flexibility index (Phi) is 7.39. The summed E-state index contributed by atoms with van der Waals surface area (Å²) in [6.45, 7) is 4.74. The highest BCUT2D eigenvalue weighted by Gasteiger charge is 2.23. The number of carbonyl (C=O) groups excluding carboxylic acids is 2. The van der Waals surface area contributed by atoms with Gasteiger partial charge in [-0.3, -0.25) is 9.59 Å². The molecule has 2 amide bonds. The van der Waals surface area contributed by atoms with E-state index in [1.807, 2.05) is 62.4 Å². The minimum atomic E-state index is -0.261. The second-order valence-electron chi connectivity index (χ2n) is 6.41. The summed E-state index contributed by atoms with van der Waals surface area (Å²) < 4.78 is 1.64. The van der Waals surface area contributed by atoms with E-state index >= 15 is 0 Å². The van der Waals surface area contributed by atoms with Gasteiger partial charge in [-0.25, -0.2) is 4.98 Å². The van der Waals surface area contributed by atoms with Crippen molar-refractivity contribution in [2.45, 2.75) is 13.8 Å². The average molecular weight is 531 g/mol. The van der Waals surface area contributed by atoms with Crippen molar-refractivity contribution in [1.82, 2.24) is 4.98 Å². The van der Waals surface area contributed by atoms with Crippen molar-refractivity contribution >= 4 is 55.0 Å². The first kappa shape index (κ1) is 22.2. The molecule has 0 unspecified atom stereocenters. The Morgan fingerprint density at radius 1 is 0.700 bits per heavy atom. The first-order valence-electron chi connectivity index (χ1n) is 9.57. The fraction of sp³-hybridized carbons (Fsp3) is 0.174. The predicted molar refractivity (Wildman–Crippen MR) is 127 cm³/mol. The number of hydrogen-bond acceptors (Lipinski definition) is 3. The fourth-order valence-corrected chi connectivity index (χ4v) is 4.14. The summed E-state index contributed by atoms with van der Waals surface area (Å²) in [5.41, 5.74) is 1.96. The zero-order valence-corrected chi connectivity index (χ0v) is 19.9. The first-order valence-corrected chi connectivity index (χ1v) is 11.2. The highest BCUT2D eigenvalue weighted by Crippen LogP contribution is 2.28. The van der Waals surface area contributed by atoms with Crippen LogP contribution in [0.1, 0.15) is 34.8 Å².